The number of aryl methyl sites for hydroxylation is 1. The molecule has 1 aromatic carbocycles. The van der Waals surface area contributed by atoms with Crippen molar-refractivity contribution in [3.8, 4) is 0 Å². The summed E-state index contributed by atoms with van der Waals surface area (Å²) < 4.78 is 4.67. The fourth-order valence-corrected chi connectivity index (χ4v) is 2.17. The number of rotatable bonds is 2. The lowest BCUT2D eigenvalue weighted by Crippen LogP contribution is -2.10. The summed E-state index contributed by atoms with van der Waals surface area (Å²) in [5, 5.41) is 1.08. The number of methoxy groups -OCH3 is 1. The molecule has 0 amide bonds. The monoisotopic (exact) mass is 210 g/mol. The zero-order valence-electron chi connectivity index (χ0n) is 8.76. The van der Waals surface area contributed by atoms with Crippen molar-refractivity contribution in [3.05, 3.63) is 28.8 Å². The van der Waals surface area contributed by atoms with Crippen LogP contribution in [-0.4, -0.2) is 13.1 Å². The van der Waals surface area contributed by atoms with Gasteiger partial charge in [-0.3, -0.25) is 0 Å². The van der Waals surface area contributed by atoms with Crippen LogP contribution >= 0.6 is 9.24 Å². The van der Waals surface area contributed by atoms with Crippen molar-refractivity contribution < 1.29 is 9.53 Å². The molecular formula is C11H15O2P. The summed E-state index contributed by atoms with van der Waals surface area (Å²) in [5.41, 5.74) is 3.04. The van der Waals surface area contributed by atoms with E-state index in [1.54, 1.807) is 0 Å². The highest BCUT2D eigenvalue weighted by atomic mass is 31.0. The first kappa shape index (κ1) is 11.2. The van der Waals surface area contributed by atoms with Gasteiger partial charge in [-0.05, 0) is 41.9 Å². The number of esters is 1. The first-order valence-corrected chi connectivity index (χ1v) is 5.15. The maximum atomic E-state index is 11.3. The summed E-state index contributed by atoms with van der Waals surface area (Å²) in [6.45, 7) is 4.12. The minimum Gasteiger partial charge on any atom is -0.465 e. The third-order valence-corrected chi connectivity index (χ3v) is 2.80. The molecule has 0 aromatic heterocycles. The number of carbonyl (C=O) groups is 1. The third kappa shape index (κ3) is 2.13. The largest absolute Gasteiger partial charge is 0.465 e. The van der Waals surface area contributed by atoms with E-state index in [1.165, 1.54) is 12.7 Å². The van der Waals surface area contributed by atoms with E-state index in [-0.39, 0.29) is 5.97 Å². The molecule has 14 heavy (non-hydrogen) atoms. The quantitative estimate of drug-likeness (QED) is 0.550. The van der Waals surface area contributed by atoms with Gasteiger partial charge in [-0.1, -0.05) is 6.92 Å². The van der Waals surface area contributed by atoms with Crippen LogP contribution in [0.3, 0.4) is 0 Å². The average Bonchev–Trinajstić information content (AvgIpc) is 2.16. The fourth-order valence-electron chi connectivity index (χ4n) is 1.56. The molecule has 0 aliphatic heterocycles. The zero-order chi connectivity index (χ0) is 10.7. The van der Waals surface area contributed by atoms with Gasteiger partial charge in [-0.15, -0.1) is 9.24 Å². The molecule has 1 aromatic rings. The smallest absolute Gasteiger partial charge is 0.337 e. The highest BCUT2D eigenvalue weighted by Gasteiger charge is 2.09. The number of ether oxygens (including phenoxy) is 1. The summed E-state index contributed by atoms with van der Waals surface area (Å²) in [6, 6.07) is 3.72. The average molecular weight is 210 g/mol. The van der Waals surface area contributed by atoms with Crippen molar-refractivity contribution in [1.29, 1.82) is 0 Å². The maximum Gasteiger partial charge on any atom is 0.337 e. The van der Waals surface area contributed by atoms with Gasteiger partial charge in [0.2, 0.25) is 0 Å². The molecule has 3 heteroatoms. The molecule has 0 saturated heterocycles. The standard InChI is InChI=1S/C11H15O2P/c1-4-9-7(2)5-8(6-10(9)14)11(12)13-3/h5-6H,4,14H2,1-3H3. The zero-order valence-corrected chi connectivity index (χ0v) is 9.91. The molecule has 0 aliphatic rings. The minimum atomic E-state index is -0.278. The molecule has 0 radical (unpaired) electrons. The summed E-state index contributed by atoms with van der Waals surface area (Å²) in [5.74, 6) is -0.278. The SMILES string of the molecule is CCc1c(C)cc(C(=O)OC)cc1P. The molecule has 0 saturated carbocycles. The maximum absolute atomic E-state index is 11.3. The molecule has 76 valence electrons. The number of hydrogen-bond acceptors (Lipinski definition) is 2. The van der Waals surface area contributed by atoms with E-state index in [0.29, 0.717) is 5.56 Å². The Bertz CT molecular complexity index is 335. The van der Waals surface area contributed by atoms with E-state index >= 15 is 0 Å². The second kappa shape index (κ2) is 4.56. The molecule has 0 heterocycles. The van der Waals surface area contributed by atoms with E-state index in [0.717, 1.165) is 17.3 Å². The first-order chi connectivity index (χ1) is 6.60. The molecule has 0 fully saturated rings. The second-order valence-corrected chi connectivity index (χ2v) is 3.83. The van der Waals surface area contributed by atoms with Crippen LogP contribution in [0, 0.1) is 6.92 Å². The van der Waals surface area contributed by atoms with Crippen molar-refractivity contribution in [2.24, 2.45) is 0 Å². The minimum absolute atomic E-state index is 0.278. The van der Waals surface area contributed by atoms with Crippen molar-refractivity contribution in [3.63, 3.8) is 0 Å². The molecule has 2 nitrogen and oxygen atoms in total. The van der Waals surface area contributed by atoms with Crippen LogP contribution in [0.2, 0.25) is 0 Å². The summed E-state index contributed by atoms with van der Waals surface area (Å²) in [6.07, 6.45) is 0.978. The van der Waals surface area contributed by atoms with Gasteiger partial charge in [0.15, 0.2) is 0 Å². The molecule has 0 bridgehead atoms. The number of hydrogen-bond donors (Lipinski definition) is 0. The van der Waals surface area contributed by atoms with Gasteiger partial charge >= 0.3 is 5.97 Å². The van der Waals surface area contributed by atoms with Crippen LogP contribution in [0.15, 0.2) is 12.1 Å². The van der Waals surface area contributed by atoms with Crippen molar-refractivity contribution in [2.75, 3.05) is 7.11 Å². The third-order valence-electron chi connectivity index (χ3n) is 2.28. The molecule has 1 atom stereocenters. The van der Waals surface area contributed by atoms with E-state index in [1.807, 2.05) is 19.1 Å². The van der Waals surface area contributed by atoms with Crippen molar-refractivity contribution >= 4 is 20.5 Å². The Labute approximate surface area is 86.9 Å². The Balaban J connectivity index is 3.20. The van der Waals surface area contributed by atoms with Gasteiger partial charge < -0.3 is 4.74 Å². The van der Waals surface area contributed by atoms with E-state index in [9.17, 15) is 4.79 Å². The fraction of sp³-hybridized carbons (Fsp3) is 0.364. The lowest BCUT2D eigenvalue weighted by Gasteiger charge is -2.09. The van der Waals surface area contributed by atoms with Crippen LogP contribution in [-0.2, 0) is 11.2 Å². The Morgan fingerprint density at radius 2 is 2.14 bits per heavy atom. The number of benzene rings is 1. The molecular weight excluding hydrogens is 195 g/mol. The molecule has 0 aliphatic carbocycles. The van der Waals surface area contributed by atoms with Gasteiger partial charge in [0.25, 0.3) is 0 Å². The summed E-state index contributed by atoms with van der Waals surface area (Å²) in [4.78, 5) is 11.3. The van der Waals surface area contributed by atoms with E-state index in [4.69, 9.17) is 0 Å². The topological polar surface area (TPSA) is 26.3 Å². The van der Waals surface area contributed by atoms with Crippen LogP contribution in [0.4, 0.5) is 0 Å². The predicted molar refractivity (Wildman–Crippen MR) is 61.2 cm³/mol. The highest BCUT2D eigenvalue weighted by Crippen LogP contribution is 2.13. The first-order valence-electron chi connectivity index (χ1n) is 4.57. The second-order valence-electron chi connectivity index (χ2n) is 3.21. The molecule has 0 spiro atoms. The highest BCUT2D eigenvalue weighted by molar-refractivity contribution is 7.27. The summed E-state index contributed by atoms with van der Waals surface area (Å²) >= 11 is 0. The van der Waals surface area contributed by atoms with Crippen molar-refractivity contribution in [1.82, 2.24) is 0 Å². The van der Waals surface area contributed by atoms with Crippen LogP contribution < -0.4 is 5.30 Å². The molecule has 1 unspecified atom stereocenters. The lowest BCUT2D eigenvalue weighted by molar-refractivity contribution is 0.0600. The van der Waals surface area contributed by atoms with Gasteiger partial charge in [-0.25, -0.2) is 4.79 Å². The Morgan fingerprint density at radius 3 is 2.57 bits per heavy atom. The normalized spacial score (nSPS) is 10.0. The predicted octanol–water partition coefficient (Wildman–Crippen LogP) is 1.84. The van der Waals surface area contributed by atoms with Gasteiger partial charge in [0.1, 0.15) is 0 Å². The Kier molecular flexibility index (Phi) is 3.65. The van der Waals surface area contributed by atoms with Gasteiger partial charge in [-0.2, -0.15) is 0 Å². The van der Waals surface area contributed by atoms with Crippen LogP contribution in [0.1, 0.15) is 28.4 Å². The molecule has 1 rings (SSSR count). The lowest BCUT2D eigenvalue weighted by atomic mass is 10.0. The Hall–Kier alpha value is -0.880. The van der Waals surface area contributed by atoms with Crippen LogP contribution in [0.5, 0.6) is 0 Å². The van der Waals surface area contributed by atoms with E-state index < -0.39 is 0 Å². The van der Waals surface area contributed by atoms with Crippen LogP contribution in [0.25, 0.3) is 0 Å². The van der Waals surface area contributed by atoms with E-state index in [2.05, 4.69) is 20.9 Å². The van der Waals surface area contributed by atoms with Crippen molar-refractivity contribution in [2.45, 2.75) is 20.3 Å². The van der Waals surface area contributed by atoms with Gasteiger partial charge in [0, 0.05) is 0 Å². The summed E-state index contributed by atoms with van der Waals surface area (Å²) in [7, 11) is 4.05. The van der Waals surface area contributed by atoms with Gasteiger partial charge in [0.05, 0.1) is 12.7 Å². The number of carbonyl (C=O) groups excluding carboxylic acids is 1. The Morgan fingerprint density at radius 1 is 1.50 bits per heavy atom. The molecule has 0 N–H and O–H groups in total.